The molecule has 0 fully saturated rings. The Labute approximate surface area is 91.2 Å². The predicted octanol–water partition coefficient (Wildman–Crippen LogP) is 3.11. The fourth-order valence-electron chi connectivity index (χ4n) is 1.26. The van der Waals surface area contributed by atoms with Crippen molar-refractivity contribution in [3.63, 3.8) is 0 Å². The minimum atomic E-state index is 0.621. The molecule has 0 aliphatic carbocycles. The third-order valence-electron chi connectivity index (χ3n) is 1.90. The van der Waals surface area contributed by atoms with E-state index in [1.54, 1.807) is 11.8 Å². The summed E-state index contributed by atoms with van der Waals surface area (Å²) in [5.41, 5.74) is 6.82. The maximum absolute atomic E-state index is 5.61. The highest BCUT2D eigenvalue weighted by atomic mass is 32.2. The molecule has 2 aromatic rings. The smallest absolute Gasteiger partial charge is 0.180 e. The van der Waals surface area contributed by atoms with Crippen molar-refractivity contribution in [2.24, 2.45) is 0 Å². The highest BCUT2D eigenvalue weighted by Crippen LogP contribution is 2.33. The second-order valence-electron chi connectivity index (χ2n) is 2.76. The molecular weight excluding hydrogens is 212 g/mol. The van der Waals surface area contributed by atoms with Gasteiger partial charge in [0.2, 0.25) is 0 Å². The van der Waals surface area contributed by atoms with Gasteiger partial charge in [-0.1, -0.05) is 29.5 Å². The van der Waals surface area contributed by atoms with Gasteiger partial charge in [0, 0.05) is 16.7 Å². The topological polar surface area (TPSA) is 38.9 Å². The molecule has 0 saturated carbocycles. The molecule has 2 rings (SSSR count). The fourth-order valence-corrected chi connectivity index (χ4v) is 2.66. The van der Waals surface area contributed by atoms with Crippen molar-refractivity contribution < 1.29 is 0 Å². The van der Waals surface area contributed by atoms with E-state index in [-0.39, 0.29) is 0 Å². The highest BCUT2D eigenvalue weighted by Gasteiger charge is 2.06. The molecule has 0 atom stereocenters. The predicted molar refractivity (Wildman–Crippen MR) is 63.7 cm³/mol. The van der Waals surface area contributed by atoms with Crippen LogP contribution in [0, 0.1) is 0 Å². The van der Waals surface area contributed by atoms with Crippen molar-refractivity contribution in [1.29, 1.82) is 0 Å². The van der Waals surface area contributed by atoms with Gasteiger partial charge in [0.25, 0.3) is 0 Å². The van der Waals surface area contributed by atoms with E-state index in [0.717, 1.165) is 4.88 Å². The molecule has 0 spiro atoms. The van der Waals surface area contributed by atoms with Gasteiger partial charge in [0.05, 0.1) is 4.88 Å². The van der Waals surface area contributed by atoms with Crippen LogP contribution in [0.25, 0.3) is 10.4 Å². The lowest BCUT2D eigenvalue weighted by Gasteiger charge is -2.02. The van der Waals surface area contributed by atoms with E-state index in [1.807, 2.05) is 18.3 Å². The van der Waals surface area contributed by atoms with Crippen LogP contribution in [0.1, 0.15) is 0 Å². The van der Waals surface area contributed by atoms with Gasteiger partial charge in [-0.3, -0.25) is 0 Å². The highest BCUT2D eigenvalue weighted by molar-refractivity contribution is 7.98. The minimum Gasteiger partial charge on any atom is -0.375 e. The zero-order chi connectivity index (χ0) is 9.97. The number of benzene rings is 1. The Morgan fingerprint density at radius 2 is 2.14 bits per heavy atom. The Morgan fingerprint density at radius 1 is 1.36 bits per heavy atom. The molecule has 1 heterocycles. The summed E-state index contributed by atoms with van der Waals surface area (Å²) >= 11 is 3.26. The van der Waals surface area contributed by atoms with Gasteiger partial charge in [-0.15, -0.1) is 11.8 Å². The van der Waals surface area contributed by atoms with E-state index in [0.29, 0.717) is 5.13 Å². The lowest BCUT2D eigenvalue weighted by Crippen LogP contribution is -1.77. The lowest BCUT2D eigenvalue weighted by atomic mass is 10.2. The average molecular weight is 222 g/mol. The van der Waals surface area contributed by atoms with Crippen LogP contribution in [0.3, 0.4) is 0 Å². The minimum absolute atomic E-state index is 0.621. The van der Waals surface area contributed by atoms with Gasteiger partial charge in [0.15, 0.2) is 5.13 Å². The summed E-state index contributed by atoms with van der Waals surface area (Å²) in [6.45, 7) is 0. The van der Waals surface area contributed by atoms with E-state index in [4.69, 9.17) is 5.73 Å². The number of aromatic nitrogens is 1. The molecule has 0 bridgehead atoms. The normalized spacial score (nSPS) is 10.4. The molecule has 0 aliphatic rings. The molecule has 0 unspecified atom stereocenters. The average Bonchev–Trinajstić information content (AvgIpc) is 2.65. The molecular formula is C10H10N2S2. The first kappa shape index (κ1) is 9.55. The zero-order valence-corrected chi connectivity index (χ0v) is 9.36. The molecule has 0 radical (unpaired) electrons. The Hall–Kier alpha value is -1.00. The second kappa shape index (κ2) is 4.02. The van der Waals surface area contributed by atoms with Gasteiger partial charge in [0.1, 0.15) is 0 Å². The molecule has 2 N–H and O–H groups in total. The number of nitrogens with two attached hydrogens (primary N) is 1. The van der Waals surface area contributed by atoms with Crippen LogP contribution in [-0.2, 0) is 0 Å². The third-order valence-corrected chi connectivity index (χ3v) is 3.55. The summed E-state index contributed by atoms with van der Waals surface area (Å²) in [5.74, 6) is 0. The van der Waals surface area contributed by atoms with E-state index in [2.05, 4.69) is 23.4 Å². The molecule has 1 aromatic carbocycles. The largest absolute Gasteiger partial charge is 0.375 e. The lowest BCUT2D eigenvalue weighted by molar-refractivity contribution is 1.41. The summed E-state index contributed by atoms with van der Waals surface area (Å²) in [4.78, 5) is 6.45. The van der Waals surface area contributed by atoms with E-state index in [9.17, 15) is 0 Å². The molecule has 2 nitrogen and oxygen atoms in total. The molecule has 4 heteroatoms. The number of thiazole rings is 1. The Balaban J connectivity index is 2.50. The van der Waals surface area contributed by atoms with E-state index >= 15 is 0 Å². The number of nitrogens with zero attached hydrogens (tertiary/aromatic N) is 1. The number of hydrogen-bond donors (Lipinski definition) is 1. The number of anilines is 1. The van der Waals surface area contributed by atoms with E-state index in [1.165, 1.54) is 21.8 Å². The first-order valence-corrected chi connectivity index (χ1v) is 6.20. The van der Waals surface area contributed by atoms with Crippen LogP contribution in [0.2, 0.25) is 0 Å². The summed E-state index contributed by atoms with van der Waals surface area (Å²) in [6.07, 6.45) is 3.90. The summed E-state index contributed by atoms with van der Waals surface area (Å²) in [7, 11) is 0. The molecule has 72 valence electrons. The van der Waals surface area contributed by atoms with Crippen molar-refractivity contribution in [1.82, 2.24) is 4.98 Å². The van der Waals surface area contributed by atoms with Gasteiger partial charge < -0.3 is 5.73 Å². The second-order valence-corrected chi connectivity index (χ2v) is 4.67. The number of rotatable bonds is 2. The quantitative estimate of drug-likeness (QED) is 0.793. The van der Waals surface area contributed by atoms with Crippen molar-refractivity contribution in [2.75, 3.05) is 12.0 Å². The van der Waals surface area contributed by atoms with Crippen molar-refractivity contribution in [2.45, 2.75) is 4.90 Å². The number of hydrogen-bond acceptors (Lipinski definition) is 4. The maximum Gasteiger partial charge on any atom is 0.180 e. The van der Waals surface area contributed by atoms with Crippen molar-refractivity contribution in [3.8, 4) is 10.4 Å². The van der Waals surface area contributed by atoms with Crippen LogP contribution >= 0.6 is 23.1 Å². The zero-order valence-electron chi connectivity index (χ0n) is 7.73. The Bertz CT molecular complexity index is 437. The van der Waals surface area contributed by atoms with E-state index < -0.39 is 0 Å². The Morgan fingerprint density at radius 3 is 2.79 bits per heavy atom. The van der Waals surface area contributed by atoms with Gasteiger partial charge >= 0.3 is 0 Å². The monoisotopic (exact) mass is 222 g/mol. The summed E-state index contributed by atoms with van der Waals surface area (Å²) < 4.78 is 0. The first-order chi connectivity index (χ1) is 6.81. The van der Waals surface area contributed by atoms with Gasteiger partial charge in [-0.05, 0) is 12.3 Å². The first-order valence-electron chi connectivity index (χ1n) is 4.16. The maximum atomic E-state index is 5.61. The number of nitrogen functional groups attached to an aromatic ring is 1. The number of thioether (sulfide) groups is 1. The standard InChI is InChI=1S/C10H10N2S2/c1-13-8-5-3-2-4-7(8)9-6-12-10(11)14-9/h2-6H,1H3,(H2,11,12). The molecule has 0 amide bonds. The van der Waals surface area contributed by atoms with Crippen LogP contribution in [0.15, 0.2) is 35.4 Å². The van der Waals surface area contributed by atoms with Gasteiger partial charge in [-0.25, -0.2) is 4.98 Å². The molecule has 14 heavy (non-hydrogen) atoms. The molecule has 0 aliphatic heterocycles. The van der Waals surface area contributed by atoms with Gasteiger partial charge in [-0.2, -0.15) is 0 Å². The fraction of sp³-hybridized carbons (Fsp3) is 0.100. The van der Waals surface area contributed by atoms with Crippen LogP contribution < -0.4 is 5.73 Å². The molecule has 0 saturated heterocycles. The third kappa shape index (κ3) is 1.76. The van der Waals surface area contributed by atoms with Crippen LogP contribution in [0.5, 0.6) is 0 Å². The van der Waals surface area contributed by atoms with Crippen LogP contribution in [0.4, 0.5) is 5.13 Å². The summed E-state index contributed by atoms with van der Waals surface area (Å²) in [6, 6.07) is 8.28. The Kier molecular flexibility index (Phi) is 2.74. The van der Waals surface area contributed by atoms with Crippen molar-refractivity contribution in [3.05, 3.63) is 30.5 Å². The van der Waals surface area contributed by atoms with Crippen molar-refractivity contribution >= 4 is 28.2 Å². The molecule has 1 aromatic heterocycles. The van der Waals surface area contributed by atoms with Crippen LogP contribution in [-0.4, -0.2) is 11.2 Å². The SMILES string of the molecule is CSc1ccccc1-c1cnc(N)s1. The summed E-state index contributed by atoms with van der Waals surface area (Å²) in [5, 5.41) is 0.621.